The first-order valence-corrected chi connectivity index (χ1v) is 13.2. The van der Waals surface area contributed by atoms with Crippen molar-refractivity contribution in [1.82, 2.24) is 29.6 Å². The lowest BCUT2D eigenvalue weighted by atomic mass is 9.99. The third-order valence-electron chi connectivity index (χ3n) is 7.94. The summed E-state index contributed by atoms with van der Waals surface area (Å²) in [6, 6.07) is 13.8. The molecule has 3 aromatic rings. The summed E-state index contributed by atoms with van der Waals surface area (Å²) in [4.78, 5) is 48.3. The first-order chi connectivity index (χ1) is 18.4. The van der Waals surface area contributed by atoms with Crippen LogP contribution in [0, 0.1) is 0 Å². The number of carbonyl (C=O) groups excluding carboxylic acids is 3. The van der Waals surface area contributed by atoms with Gasteiger partial charge in [-0.1, -0.05) is 24.3 Å². The number of hydrogen-bond donors (Lipinski definition) is 1. The van der Waals surface area contributed by atoms with Crippen LogP contribution < -0.4 is 5.32 Å². The average molecular weight is 513 g/mol. The summed E-state index contributed by atoms with van der Waals surface area (Å²) in [6.45, 7) is 5.59. The fourth-order valence-corrected chi connectivity index (χ4v) is 5.78. The molecule has 2 aromatic carbocycles. The summed E-state index contributed by atoms with van der Waals surface area (Å²) in [5, 5.41) is 2.36. The maximum atomic E-state index is 13.1. The molecule has 9 nitrogen and oxygen atoms in total. The Morgan fingerprint density at radius 2 is 1.79 bits per heavy atom. The lowest BCUT2D eigenvalue weighted by Crippen LogP contribution is -2.52. The van der Waals surface area contributed by atoms with Crippen LogP contribution in [0.3, 0.4) is 0 Å². The van der Waals surface area contributed by atoms with Crippen LogP contribution in [0.1, 0.15) is 34.3 Å². The number of rotatable bonds is 5. The van der Waals surface area contributed by atoms with Crippen molar-refractivity contribution in [3.8, 4) is 22.5 Å². The van der Waals surface area contributed by atoms with Crippen molar-refractivity contribution in [2.24, 2.45) is 7.05 Å². The molecule has 1 N–H and O–H groups in total. The number of amides is 3. The van der Waals surface area contributed by atoms with Gasteiger partial charge in [-0.2, -0.15) is 0 Å². The van der Waals surface area contributed by atoms with Crippen LogP contribution in [0.15, 0.2) is 48.8 Å². The minimum atomic E-state index is -0.621. The van der Waals surface area contributed by atoms with Gasteiger partial charge in [-0.15, -0.1) is 0 Å². The zero-order valence-corrected chi connectivity index (χ0v) is 21.8. The SMILES string of the molecule is CN1CCN(Cc2cccc(-c3c(-c4ccc5c(c4)CN([C@H]4CCC(=O)NC4=O)C5=O)ncn3C)c2)CC1. The molecule has 2 saturated heterocycles. The lowest BCUT2D eigenvalue weighted by molar-refractivity contribution is -0.136. The van der Waals surface area contributed by atoms with Crippen molar-refractivity contribution in [2.75, 3.05) is 33.2 Å². The molecule has 0 aliphatic carbocycles. The van der Waals surface area contributed by atoms with Gasteiger partial charge >= 0.3 is 0 Å². The predicted molar refractivity (Wildman–Crippen MR) is 143 cm³/mol. The summed E-state index contributed by atoms with van der Waals surface area (Å²) in [6.07, 6.45) is 2.42. The van der Waals surface area contributed by atoms with Gasteiger partial charge in [-0.05, 0) is 42.8 Å². The molecule has 4 heterocycles. The van der Waals surface area contributed by atoms with Crippen LogP contribution in [-0.4, -0.2) is 81.2 Å². The maximum Gasteiger partial charge on any atom is 0.255 e. The van der Waals surface area contributed by atoms with Crippen molar-refractivity contribution < 1.29 is 14.4 Å². The van der Waals surface area contributed by atoms with Gasteiger partial charge in [0.25, 0.3) is 5.91 Å². The van der Waals surface area contributed by atoms with E-state index in [9.17, 15) is 14.4 Å². The number of fused-ring (bicyclic) bond motifs is 1. The van der Waals surface area contributed by atoms with Gasteiger partial charge in [0.2, 0.25) is 11.8 Å². The number of imidazole rings is 1. The van der Waals surface area contributed by atoms with Gasteiger partial charge < -0.3 is 14.4 Å². The molecule has 196 valence electrons. The number of nitrogens with zero attached hydrogens (tertiary/aromatic N) is 5. The summed E-state index contributed by atoms with van der Waals surface area (Å²) >= 11 is 0. The molecule has 6 rings (SSSR count). The summed E-state index contributed by atoms with van der Waals surface area (Å²) < 4.78 is 2.04. The minimum absolute atomic E-state index is 0.168. The maximum absolute atomic E-state index is 13.1. The van der Waals surface area contributed by atoms with Gasteiger partial charge in [0.15, 0.2) is 0 Å². The summed E-state index contributed by atoms with van der Waals surface area (Å²) in [7, 11) is 4.17. The van der Waals surface area contributed by atoms with Crippen LogP contribution in [0.4, 0.5) is 0 Å². The second kappa shape index (κ2) is 9.81. The van der Waals surface area contributed by atoms with Gasteiger partial charge in [0.1, 0.15) is 6.04 Å². The van der Waals surface area contributed by atoms with E-state index in [1.807, 2.05) is 36.1 Å². The van der Waals surface area contributed by atoms with Crippen LogP contribution in [0.5, 0.6) is 0 Å². The number of aromatic nitrogens is 2. The molecule has 0 saturated carbocycles. The topological polar surface area (TPSA) is 90.8 Å². The molecule has 0 bridgehead atoms. The molecule has 0 radical (unpaired) electrons. The van der Waals surface area contributed by atoms with Crippen molar-refractivity contribution in [3.05, 3.63) is 65.5 Å². The fraction of sp³-hybridized carbons (Fsp3) is 0.379. The zero-order valence-electron chi connectivity index (χ0n) is 21.8. The second-order valence-corrected chi connectivity index (χ2v) is 10.6. The van der Waals surface area contributed by atoms with Gasteiger partial charge in [-0.3, -0.25) is 24.6 Å². The Balaban J connectivity index is 1.26. The number of nitrogens with one attached hydrogen (secondary N) is 1. The van der Waals surface area contributed by atoms with Crippen molar-refractivity contribution in [1.29, 1.82) is 0 Å². The van der Waals surface area contributed by atoms with Crippen LogP contribution >= 0.6 is 0 Å². The molecule has 3 aliphatic rings. The van der Waals surface area contributed by atoms with Crippen molar-refractivity contribution >= 4 is 17.7 Å². The number of benzene rings is 2. The quantitative estimate of drug-likeness (QED) is 0.528. The molecular weight excluding hydrogens is 480 g/mol. The Labute approximate surface area is 222 Å². The summed E-state index contributed by atoms with van der Waals surface area (Å²) in [5.74, 6) is -0.849. The average Bonchev–Trinajstić information content (AvgIpc) is 3.45. The number of likely N-dealkylation sites (N-methyl/N-ethyl adjacent to an activating group) is 1. The van der Waals surface area contributed by atoms with Crippen molar-refractivity contribution in [2.45, 2.75) is 32.0 Å². The number of piperazine rings is 1. The first-order valence-electron chi connectivity index (χ1n) is 13.2. The molecule has 1 aromatic heterocycles. The van der Waals surface area contributed by atoms with E-state index in [1.165, 1.54) is 5.56 Å². The second-order valence-electron chi connectivity index (χ2n) is 10.6. The number of carbonyl (C=O) groups is 3. The first kappa shape index (κ1) is 24.5. The highest BCUT2D eigenvalue weighted by molar-refractivity contribution is 6.05. The molecule has 3 aliphatic heterocycles. The highest BCUT2D eigenvalue weighted by atomic mass is 16.2. The van der Waals surface area contributed by atoms with Crippen molar-refractivity contribution in [3.63, 3.8) is 0 Å². The monoisotopic (exact) mass is 512 g/mol. The fourth-order valence-electron chi connectivity index (χ4n) is 5.78. The van der Waals surface area contributed by atoms with Gasteiger partial charge in [0, 0.05) is 69.4 Å². The van der Waals surface area contributed by atoms with E-state index >= 15 is 0 Å². The van der Waals surface area contributed by atoms with E-state index in [1.54, 1.807) is 4.90 Å². The van der Waals surface area contributed by atoms with E-state index < -0.39 is 11.9 Å². The van der Waals surface area contributed by atoms with Gasteiger partial charge in [0.05, 0.1) is 17.7 Å². The lowest BCUT2D eigenvalue weighted by Gasteiger charge is -2.32. The minimum Gasteiger partial charge on any atom is -0.333 e. The zero-order chi connectivity index (χ0) is 26.4. The number of aryl methyl sites for hydroxylation is 1. The highest BCUT2D eigenvalue weighted by Gasteiger charge is 2.39. The van der Waals surface area contributed by atoms with E-state index in [0.717, 1.165) is 60.8 Å². The Kier molecular flexibility index (Phi) is 6.33. The Bertz CT molecular complexity index is 1420. The Morgan fingerprint density at radius 1 is 0.974 bits per heavy atom. The molecule has 0 spiro atoms. The number of imide groups is 1. The normalized spacial score (nSPS) is 20.6. The Hall–Kier alpha value is -3.82. The third kappa shape index (κ3) is 4.52. The molecule has 1 atom stereocenters. The number of piperidine rings is 1. The number of hydrogen-bond acceptors (Lipinski definition) is 6. The molecule has 38 heavy (non-hydrogen) atoms. The Morgan fingerprint density at radius 3 is 2.58 bits per heavy atom. The third-order valence-corrected chi connectivity index (χ3v) is 7.94. The predicted octanol–water partition coefficient (Wildman–Crippen LogP) is 2.26. The largest absolute Gasteiger partial charge is 0.333 e. The summed E-state index contributed by atoms with van der Waals surface area (Å²) in [5.41, 5.74) is 6.67. The molecular formula is C29H32N6O3. The standard InChI is InChI=1S/C29H32N6O3/c1-32-10-12-34(13-11-32)16-19-4-3-5-21(14-19)27-26(30-18-33(27)2)20-6-7-23-22(15-20)17-35(29(23)38)24-8-9-25(36)31-28(24)37/h3-7,14-15,18,24H,8-13,16-17H2,1-2H3,(H,31,36,37)/t24-/m0/s1. The van der Waals surface area contributed by atoms with E-state index in [4.69, 9.17) is 4.98 Å². The molecule has 0 unspecified atom stereocenters. The van der Waals surface area contributed by atoms with E-state index in [2.05, 4.69) is 46.4 Å². The molecule has 2 fully saturated rings. The van der Waals surface area contributed by atoms with E-state index in [0.29, 0.717) is 18.5 Å². The van der Waals surface area contributed by atoms with Crippen LogP contribution in [0.25, 0.3) is 22.5 Å². The molecule has 9 heteroatoms. The smallest absolute Gasteiger partial charge is 0.255 e. The molecule has 3 amide bonds. The van der Waals surface area contributed by atoms with Crippen LogP contribution in [-0.2, 0) is 29.7 Å². The van der Waals surface area contributed by atoms with Crippen LogP contribution in [0.2, 0.25) is 0 Å². The van der Waals surface area contributed by atoms with Gasteiger partial charge in [-0.25, -0.2) is 4.98 Å². The highest BCUT2D eigenvalue weighted by Crippen LogP contribution is 2.35. The van der Waals surface area contributed by atoms with E-state index in [-0.39, 0.29) is 18.2 Å².